The van der Waals surface area contributed by atoms with Crippen LogP contribution in [0.15, 0.2) is 18.3 Å². The lowest BCUT2D eigenvalue weighted by molar-refractivity contribution is 0.145. The van der Waals surface area contributed by atoms with Crippen LogP contribution in [0.2, 0.25) is 0 Å². The second-order valence-corrected chi connectivity index (χ2v) is 3.18. The summed E-state index contributed by atoms with van der Waals surface area (Å²) in [4.78, 5) is 4.11. The van der Waals surface area contributed by atoms with Crippen molar-refractivity contribution in [2.24, 2.45) is 0 Å². The molecule has 1 aromatic heterocycles. The molecule has 0 aromatic carbocycles. The predicted molar refractivity (Wildman–Crippen MR) is 56.9 cm³/mol. The largest absolute Gasteiger partial charge is 0.490 e. The quantitative estimate of drug-likeness (QED) is 0.725. The van der Waals surface area contributed by atoms with Crippen LogP contribution in [0.1, 0.15) is 25.1 Å². The van der Waals surface area contributed by atoms with Gasteiger partial charge in [0, 0.05) is 7.11 Å². The van der Waals surface area contributed by atoms with Crippen molar-refractivity contribution in [2.45, 2.75) is 19.4 Å². The molecule has 0 bridgehead atoms. The van der Waals surface area contributed by atoms with E-state index in [-0.39, 0.29) is 0 Å². The van der Waals surface area contributed by atoms with Crippen LogP contribution in [-0.4, -0.2) is 30.4 Å². The molecule has 0 unspecified atom stereocenters. The van der Waals surface area contributed by atoms with Crippen molar-refractivity contribution in [3.8, 4) is 5.75 Å². The monoisotopic (exact) mass is 211 g/mol. The fourth-order valence-corrected chi connectivity index (χ4v) is 1.13. The van der Waals surface area contributed by atoms with Gasteiger partial charge in [-0.25, -0.2) is 0 Å². The SMILES string of the molecule is CC[C@H](O)c1ccc(OCCOC)cn1. The molecule has 0 amide bonds. The summed E-state index contributed by atoms with van der Waals surface area (Å²) in [6, 6.07) is 3.58. The lowest BCUT2D eigenvalue weighted by Gasteiger charge is -2.08. The summed E-state index contributed by atoms with van der Waals surface area (Å²) in [7, 11) is 1.63. The summed E-state index contributed by atoms with van der Waals surface area (Å²) >= 11 is 0. The highest BCUT2D eigenvalue weighted by Crippen LogP contribution is 2.16. The molecular formula is C11H17NO3. The first-order valence-electron chi connectivity index (χ1n) is 5.03. The Bertz CT molecular complexity index is 274. The molecule has 0 saturated carbocycles. The number of pyridine rings is 1. The number of nitrogens with zero attached hydrogens (tertiary/aromatic N) is 1. The summed E-state index contributed by atoms with van der Waals surface area (Å²) in [6.07, 6.45) is 1.79. The Morgan fingerprint density at radius 3 is 2.73 bits per heavy atom. The van der Waals surface area contributed by atoms with Gasteiger partial charge in [-0.05, 0) is 18.6 Å². The van der Waals surface area contributed by atoms with Crippen LogP contribution in [0.25, 0.3) is 0 Å². The summed E-state index contributed by atoms with van der Waals surface area (Å²) < 4.78 is 10.2. The van der Waals surface area contributed by atoms with E-state index < -0.39 is 6.10 Å². The Balaban J connectivity index is 2.49. The molecule has 1 N–H and O–H groups in total. The van der Waals surface area contributed by atoms with Gasteiger partial charge in [-0.3, -0.25) is 4.98 Å². The number of aliphatic hydroxyl groups is 1. The third kappa shape index (κ3) is 3.85. The summed E-state index contributed by atoms with van der Waals surface area (Å²) in [5, 5.41) is 9.51. The second kappa shape index (κ2) is 6.37. The molecule has 1 heterocycles. The minimum atomic E-state index is -0.488. The topological polar surface area (TPSA) is 51.6 Å². The molecule has 15 heavy (non-hydrogen) atoms. The standard InChI is InChI=1S/C11H17NO3/c1-3-11(13)10-5-4-9(8-12-10)15-7-6-14-2/h4-5,8,11,13H,3,6-7H2,1-2H3/t11-/m0/s1. The molecule has 0 aliphatic heterocycles. The number of methoxy groups -OCH3 is 1. The molecule has 1 atom stereocenters. The van der Waals surface area contributed by atoms with Gasteiger partial charge < -0.3 is 14.6 Å². The minimum Gasteiger partial charge on any atom is -0.490 e. The minimum absolute atomic E-state index is 0.488. The highest BCUT2D eigenvalue weighted by Gasteiger charge is 2.05. The molecule has 4 heteroatoms. The van der Waals surface area contributed by atoms with Crippen LogP contribution in [-0.2, 0) is 4.74 Å². The molecule has 0 spiro atoms. The number of aliphatic hydroxyl groups excluding tert-OH is 1. The predicted octanol–water partition coefficient (Wildman–Crippen LogP) is 1.55. The van der Waals surface area contributed by atoms with E-state index in [0.717, 1.165) is 0 Å². The Kier molecular flexibility index (Phi) is 5.07. The molecular weight excluding hydrogens is 194 g/mol. The zero-order chi connectivity index (χ0) is 11.1. The molecule has 0 fully saturated rings. The van der Waals surface area contributed by atoms with Crippen LogP contribution in [0, 0.1) is 0 Å². The van der Waals surface area contributed by atoms with Crippen molar-refractivity contribution < 1.29 is 14.6 Å². The first kappa shape index (κ1) is 11.9. The van der Waals surface area contributed by atoms with E-state index in [9.17, 15) is 5.11 Å². The van der Waals surface area contributed by atoms with Crippen LogP contribution in [0.5, 0.6) is 5.75 Å². The average Bonchev–Trinajstić information content (AvgIpc) is 2.29. The van der Waals surface area contributed by atoms with Gasteiger partial charge in [-0.1, -0.05) is 6.92 Å². The Morgan fingerprint density at radius 1 is 1.40 bits per heavy atom. The van der Waals surface area contributed by atoms with E-state index in [2.05, 4.69) is 4.98 Å². The number of rotatable bonds is 6. The molecule has 84 valence electrons. The van der Waals surface area contributed by atoms with Crippen molar-refractivity contribution in [1.82, 2.24) is 4.98 Å². The van der Waals surface area contributed by atoms with Gasteiger partial charge in [0.2, 0.25) is 0 Å². The van der Waals surface area contributed by atoms with Crippen molar-refractivity contribution >= 4 is 0 Å². The Labute approximate surface area is 89.9 Å². The fraction of sp³-hybridized carbons (Fsp3) is 0.545. The Morgan fingerprint density at radius 2 is 2.20 bits per heavy atom. The summed E-state index contributed by atoms with van der Waals surface area (Å²) in [6.45, 7) is 2.97. The molecule has 1 rings (SSSR count). The highest BCUT2D eigenvalue weighted by atomic mass is 16.5. The molecule has 4 nitrogen and oxygen atoms in total. The van der Waals surface area contributed by atoms with Crippen molar-refractivity contribution in [3.63, 3.8) is 0 Å². The van der Waals surface area contributed by atoms with E-state index in [1.165, 1.54) is 0 Å². The van der Waals surface area contributed by atoms with Gasteiger partial charge in [0.15, 0.2) is 0 Å². The fourth-order valence-electron chi connectivity index (χ4n) is 1.13. The number of aromatic nitrogens is 1. The highest BCUT2D eigenvalue weighted by molar-refractivity contribution is 5.20. The van der Waals surface area contributed by atoms with Gasteiger partial charge in [0.1, 0.15) is 12.4 Å². The number of hydrogen-bond acceptors (Lipinski definition) is 4. The summed E-state index contributed by atoms with van der Waals surface area (Å²) in [5.41, 5.74) is 0.677. The van der Waals surface area contributed by atoms with Gasteiger partial charge in [0.05, 0.1) is 24.6 Å². The zero-order valence-electron chi connectivity index (χ0n) is 9.14. The van der Waals surface area contributed by atoms with E-state index in [0.29, 0.717) is 31.1 Å². The second-order valence-electron chi connectivity index (χ2n) is 3.18. The average molecular weight is 211 g/mol. The normalized spacial score (nSPS) is 12.5. The summed E-state index contributed by atoms with van der Waals surface area (Å²) in [5.74, 6) is 0.694. The Hall–Kier alpha value is -1.13. The lowest BCUT2D eigenvalue weighted by atomic mass is 10.2. The van der Waals surface area contributed by atoms with Crippen LogP contribution in [0.3, 0.4) is 0 Å². The maximum absolute atomic E-state index is 9.51. The van der Waals surface area contributed by atoms with Gasteiger partial charge in [-0.15, -0.1) is 0 Å². The molecule has 1 aromatic rings. The third-order valence-electron chi connectivity index (χ3n) is 2.04. The molecule has 0 radical (unpaired) electrons. The van der Waals surface area contributed by atoms with Gasteiger partial charge in [0.25, 0.3) is 0 Å². The van der Waals surface area contributed by atoms with E-state index in [1.54, 1.807) is 25.4 Å². The zero-order valence-corrected chi connectivity index (χ0v) is 9.14. The van der Waals surface area contributed by atoms with Crippen molar-refractivity contribution in [3.05, 3.63) is 24.0 Å². The maximum Gasteiger partial charge on any atom is 0.137 e. The van der Waals surface area contributed by atoms with Crippen molar-refractivity contribution in [1.29, 1.82) is 0 Å². The van der Waals surface area contributed by atoms with E-state index in [1.807, 2.05) is 6.92 Å². The van der Waals surface area contributed by atoms with E-state index in [4.69, 9.17) is 9.47 Å². The smallest absolute Gasteiger partial charge is 0.137 e. The van der Waals surface area contributed by atoms with Crippen LogP contribution in [0.4, 0.5) is 0 Å². The molecule has 0 saturated heterocycles. The first-order valence-corrected chi connectivity index (χ1v) is 5.03. The molecule has 0 aliphatic rings. The third-order valence-corrected chi connectivity index (χ3v) is 2.04. The van der Waals surface area contributed by atoms with Gasteiger partial charge >= 0.3 is 0 Å². The van der Waals surface area contributed by atoms with Crippen LogP contribution >= 0.6 is 0 Å². The number of hydrogen-bond donors (Lipinski definition) is 1. The number of ether oxygens (including phenoxy) is 2. The van der Waals surface area contributed by atoms with Crippen molar-refractivity contribution in [2.75, 3.05) is 20.3 Å². The maximum atomic E-state index is 9.51. The molecule has 0 aliphatic carbocycles. The first-order chi connectivity index (χ1) is 7.27. The van der Waals surface area contributed by atoms with E-state index >= 15 is 0 Å². The lowest BCUT2D eigenvalue weighted by Crippen LogP contribution is -2.05. The van der Waals surface area contributed by atoms with Crippen LogP contribution < -0.4 is 4.74 Å². The van der Waals surface area contributed by atoms with Gasteiger partial charge in [-0.2, -0.15) is 0 Å².